The average molecular weight is 332 g/mol. The van der Waals surface area contributed by atoms with Crippen LogP contribution in [0, 0.1) is 0 Å². The number of hydrogen-bond donors (Lipinski definition) is 1. The lowest BCUT2D eigenvalue weighted by Crippen LogP contribution is -2.51. The van der Waals surface area contributed by atoms with E-state index in [0.29, 0.717) is 5.02 Å². The van der Waals surface area contributed by atoms with E-state index in [2.05, 4.69) is 0 Å². The van der Waals surface area contributed by atoms with Crippen LogP contribution < -0.4 is 0 Å². The van der Waals surface area contributed by atoms with E-state index in [1.54, 1.807) is 31.2 Å². The summed E-state index contributed by atoms with van der Waals surface area (Å²) < 4.78 is 31.4. The zero-order valence-corrected chi connectivity index (χ0v) is 13.2. The topological polar surface area (TPSA) is 66.8 Å². The molecule has 0 bridgehead atoms. The van der Waals surface area contributed by atoms with Gasteiger partial charge >= 0.3 is 0 Å². The first-order valence-electron chi connectivity index (χ1n) is 6.60. The third kappa shape index (κ3) is 4.28. The Morgan fingerprint density at radius 3 is 2.71 bits per heavy atom. The maximum absolute atomic E-state index is 12.4. The quantitative estimate of drug-likeness (QED) is 0.912. The molecule has 1 N–H and O–H groups in total. The van der Waals surface area contributed by atoms with Gasteiger partial charge in [0, 0.05) is 23.0 Å². The first-order chi connectivity index (χ1) is 9.92. The van der Waals surface area contributed by atoms with Crippen molar-refractivity contribution in [1.82, 2.24) is 4.31 Å². The van der Waals surface area contributed by atoms with E-state index < -0.39 is 16.1 Å². The smallest absolute Gasteiger partial charge is 0.236 e. The van der Waals surface area contributed by atoms with Gasteiger partial charge in [0.1, 0.15) is 0 Å². The maximum atomic E-state index is 12.4. The van der Waals surface area contributed by atoms with E-state index in [9.17, 15) is 8.42 Å². The van der Waals surface area contributed by atoms with Gasteiger partial charge in [0.2, 0.25) is 10.0 Å². The molecule has 7 heteroatoms. The molecule has 1 saturated heterocycles. The van der Waals surface area contributed by atoms with E-state index >= 15 is 0 Å². The molecule has 0 amide bonds. The molecule has 1 heterocycles. The Labute approximate surface area is 129 Å². The Balaban J connectivity index is 2.15. The molecule has 0 radical (unpaired) electrons. The lowest BCUT2D eigenvalue weighted by atomic mass is 10.2. The van der Waals surface area contributed by atoms with Gasteiger partial charge in [-0.2, -0.15) is 4.31 Å². The summed E-state index contributed by atoms with van der Waals surface area (Å²) >= 11 is 5.79. The standard InChI is InChI=1S/C14H18ClNO4S/c1-11-10-20-14(9-17)8-16(11)21(18,19)7-6-12-2-4-13(15)5-3-12/h2-7,11,14,17H,8-10H2,1H3/b7-6+. The molecule has 1 aromatic rings. The number of rotatable bonds is 4. The minimum absolute atomic E-state index is 0.158. The van der Waals surface area contributed by atoms with Crippen molar-refractivity contribution in [2.75, 3.05) is 19.8 Å². The number of aliphatic hydroxyl groups is 1. The van der Waals surface area contributed by atoms with Crippen molar-refractivity contribution in [3.63, 3.8) is 0 Å². The number of halogens is 1. The number of morpholine rings is 1. The number of ether oxygens (including phenoxy) is 1. The molecule has 21 heavy (non-hydrogen) atoms. The number of nitrogens with zero attached hydrogens (tertiary/aromatic N) is 1. The molecule has 2 unspecified atom stereocenters. The monoisotopic (exact) mass is 331 g/mol. The first kappa shape index (κ1) is 16.5. The second-order valence-corrected chi connectivity index (χ2v) is 7.16. The predicted molar refractivity (Wildman–Crippen MR) is 82.4 cm³/mol. The zero-order chi connectivity index (χ0) is 15.5. The highest BCUT2D eigenvalue weighted by atomic mass is 35.5. The minimum atomic E-state index is -3.56. The predicted octanol–water partition coefficient (Wildman–Crippen LogP) is 1.72. The fraction of sp³-hybridized carbons (Fsp3) is 0.429. The van der Waals surface area contributed by atoms with Crippen LogP contribution in [-0.2, 0) is 14.8 Å². The van der Waals surface area contributed by atoms with Gasteiger partial charge in [-0.3, -0.25) is 0 Å². The van der Waals surface area contributed by atoms with Crippen molar-refractivity contribution in [2.45, 2.75) is 19.1 Å². The second kappa shape index (κ2) is 6.89. The highest BCUT2D eigenvalue weighted by Gasteiger charge is 2.32. The van der Waals surface area contributed by atoms with Gasteiger partial charge in [-0.05, 0) is 30.7 Å². The van der Waals surface area contributed by atoms with Crippen LogP contribution in [0.15, 0.2) is 29.7 Å². The Hall–Kier alpha value is -0.920. The van der Waals surface area contributed by atoms with Crippen molar-refractivity contribution in [2.24, 2.45) is 0 Å². The second-order valence-electron chi connectivity index (χ2n) is 4.96. The van der Waals surface area contributed by atoms with Gasteiger partial charge in [0.25, 0.3) is 0 Å². The molecular formula is C14H18ClNO4S. The normalized spacial score (nSPS) is 24.5. The Kier molecular flexibility index (Phi) is 5.40. The van der Waals surface area contributed by atoms with Gasteiger partial charge in [-0.15, -0.1) is 0 Å². The molecule has 0 aliphatic carbocycles. The van der Waals surface area contributed by atoms with E-state index in [1.807, 2.05) is 0 Å². The van der Waals surface area contributed by atoms with Crippen LogP contribution in [0.5, 0.6) is 0 Å². The zero-order valence-electron chi connectivity index (χ0n) is 11.6. The molecule has 5 nitrogen and oxygen atoms in total. The van der Waals surface area contributed by atoms with Crippen LogP contribution >= 0.6 is 11.6 Å². The van der Waals surface area contributed by atoms with Gasteiger partial charge in [0.15, 0.2) is 0 Å². The van der Waals surface area contributed by atoms with Crippen molar-refractivity contribution in [3.05, 3.63) is 40.3 Å². The molecule has 0 saturated carbocycles. The minimum Gasteiger partial charge on any atom is -0.394 e. The van der Waals surface area contributed by atoms with Gasteiger partial charge in [-0.1, -0.05) is 23.7 Å². The van der Waals surface area contributed by atoms with Crippen LogP contribution in [0.2, 0.25) is 5.02 Å². The lowest BCUT2D eigenvalue weighted by Gasteiger charge is -2.35. The molecule has 1 aliphatic rings. The number of hydrogen-bond acceptors (Lipinski definition) is 4. The Bertz CT molecular complexity index is 600. The van der Waals surface area contributed by atoms with Crippen LogP contribution in [0.25, 0.3) is 6.08 Å². The molecule has 0 spiro atoms. The lowest BCUT2D eigenvalue weighted by molar-refractivity contribution is -0.0512. The number of benzene rings is 1. The van der Waals surface area contributed by atoms with Gasteiger partial charge < -0.3 is 9.84 Å². The van der Waals surface area contributed by atoms with E-state index in [1.165, 1.54) is 15.8 Å². The summed E-state index contributed by atoms with van der Waals surface area (Å²) in [6.07, 6.45) is 1.06. The van der Waals surface area contributed by atoms with E-state index in [0.717, 1.165) is 5.56 Å². The number of sulfonamides is 1. The summed E-state index contributed by atoms with van der Waals surface area (Å²) in [6, 6.07) is 6.63. The van der Waals surface area contributed by atoms with Crippen LogP contribution in [0.3, 0.4) is 0 Å². The summed E-state index contributed by atoms with van der Waals surface area (Å²) in [5.74, 6) is 0. The average Bonchev–Trinajstić information content (AvgIpc) is 2.47. The first-order valence-corrected chi connectivity index (χ1v) is 8.48. The Morgan fingerprint density at radius 2 is 2.10 bits per heavy atom. The third-order valence-electron chi connectivity index (χ3n) is 3.28. The summed E-state index contributed by atoms with van der Waals surface area (Å²) in [5.41, 5.74) is 0.752. The Morgan fingerprint density at radius 1 is 1.43 bits per heavy atom. The van der Waals surface area contributed by atoms with Crippen molar-refractivity contribution in [1.29, 1.82) is 0 Å². The highest BCUT2D eigenvalue weighted by Crippen LogP contribution is 2.18. The van der Waals surface area contributed by atoms with Gasteiger partial charge in [-0.25, -0.2) is 8.42 Å². The molecule has 1 aliphatic heterocycles. The molecule has 2 atom stereocenters. The molecule has 116 valence electrons. The summed E-state index contributed by atoms with van der Waals surface area (Å²) in [4.78, 5) is 0. The molecule has 0 aromatic heterocycles. The van der Waals surface area contributed by atoms with Crippen molar-refractivity contribution in [3.8, 4) is 0 Å². The fourth-order valence-electron chi connectivity index (χ4n) is 2.07. The SMILES string of the molecule is CC1COC(CO)CN1S(=O)(=O)/C=C/c1ccc(Cl)cc1. The third-order valence-corrected chi connectivity index (χ3v) is 5.18. The highest BCUT2D eigenvalue weighted by molar-refractivity contribution is 7.92. The van der Waals surface area contributed by atoms with Crippen molar-refractivity contribution < 1.29 is 18.3 Å². The largest absolute Gasteiger partial charge is 0.394 e. The summed E-state index contributed by atoms with van der Waals surface area (Å²) in [5, 5.41) is 10.9. The molecule has 1 fully saturated rings. The van der Waals surface area contributed by atoms with Crippen LogP contribution in [0.1, 0.15) is 12.5 Å². The molecular weight excluding hydrogens is 314 g/mol. The summed E-state index contributed by atoms with van der Waals surface area (Å²) in [7, 11) is -3.56. The van der Waals surface area contributed by atoms with Crippen LogP contribution in [0.4, 0.5) is 0 Å². The van der Waals surface area contributed by atoms with Crippen LogP contribution in [-0.4, -0.2) is 49.7 Å². The van der Waals surface area contributed by atoms with E-state index in [4.69, 9.17) is 21.4 Å². The molecule has 1 aromatic carbocycles. The molecule has 2 rings (SSSR count). The summed E-state index contributed by atoms with van der Waals surface area (Å²) in [6.45, 7) is 2.02. The van der Waals surface area contributed by atoms with Crippen molar-refractivity contribution >= 4 is 27.7 Å². The van der Waals surface area contributed by atoms with E-state index in [-0.39, 0.29) is 25.8 Å². The number of aliphatic hydroxyl groups excluding tert-OH is 1. The maximum Gasteiger partial charge on any atom is 0.236 e. The van der Waals surface area contributed by atoms with Gasteiger partial charge in [0.05, 0.1) is 19.3 Å². The fourth-order valence-corrected chi connectivity index (χ4v) is 3.62.